The van der Waals surface area contributed by atoms with Gasteiger partial charge in [0.2, 0.25) is 5.91 Å². The normalized spacial score (nSPS) is 18.1. The average Bonchev–Trinajstić information content (AvgIpc) is 3.42. The molecule has 1 aromatic heterocycles. The number of nitrogens with two attached hydrogens (primary N) is 1. The molecular weight excluding hydrogens is 412 g/mol. The smallest absolute Gasteiger partial charge is 0.408 e. The molecule has 2 aliphatic carbocycles. The fraction of sp³-hybridized carbons (Fsp3) is 0.632. The van der Waals surface area contributed by atoms with Crippen molar-refractivity contribution in [1.29, 1.82) is 0 Å². The average molecular weight is 439 g/mol. The van der Waals surface area contributed by atoms with Crippen LogP contribution in [0.3, 0.4) is 0 Å². The Labute approximate surface area is 167 Å². The molecule has 0 saturated heterocycles. The molecule has 2 aliphatic rings. The van der Waals surface area contributed by atoms with Crippen LogP contribution in [0.4, 0.5) is 16.4 Å². The lowest BCUT2D eigenvalue weighted by Crippen LogP contribution is -2.51. The van der Waals surface area contributed by atoms with Crippen molar-refractivity contribution in [3.05, 3.63) is 16.6 Å². The second kappa shape index (κ2) is 7.66. The number of nitrogen functional groups attached to an aromatic ring is 1. The van der Waals surface area contributed by atoms with Crippen molar-refractivity contribution >= 4 is 39.6 Å². The second-order valence-corrected chi connectivity index (χ2v) is 9.28. The van der Waals surface area contributed by atoms with E-state index in [0.29, 0.717) is 27.9 Å². The third kappa shape index (κ3) is 5.57. The molecule has 8 heteroatoms. The molecule has 0 aromatic carbocycles. The predicted octanol–water partition coefficient (Wildman–Crippen LogP) is 3.69. The number of anilines is 2. The van der Waals surface area contributed by atoms with Gasteiger partial charge in [-0.3, -0.25) is 4.79 Å². The van der Waals surface area contributed by atoms with Crippen LogP contribution in [0.1, 0.15) is 46.5 Å². The molecule has 148 valence electrons. The number of halogens is 1. The van der Waals surface area contributed by atoms with Crippen LogP contribution in [0.15, 0.2) is 16.6 Å². The minimum absolute atomic E-state index is 0.130. The molecule has 0 spiro atoms. The third-order valence-electron chi connectivity index (χ3n) is 4.80. The Bertz CT molecular complexity index is 714. The van der Waals surface area contributed by atoms with E-state index in [1.165, 1.54) is 0 Å². The summed E-state index contributed by atoms with van der Waals surface area (Å²) in [4.78, 5) is 29.6. The van der Waals surface area contributed by atoms with Gasteiger partial charge in [-0.2, -0.15) is 0 Å². The van der Waals surface area contributed by atoms with Crippen LogP contribution in [0.2, 0.25) is 0 Å². The molecule has 2 amide bonds. The van der Waals surface area contributed by atoms with Gasteiger partial charge in [0.05, 0.1) is 4.47 Å². The van der Waals surface area contributed by atoms with Gasteiger partial charge in [-0.15, -0.1) is 0 Å². The molecule has 27 heavy (non-hydrogen) atoms. The number of rotatable bonds is 6. The Morgan fingerprint density at radius 3 is 2.30 bits per heavy atom. The maximum absolute atomic E-state index is 13.0. The summed E-state index contributed by atoms with van der Waals surface area (Å²) in [5.41, 5.74) is 5.18. The van der Waals surface area contributed by atoms with Crippen molar-refractivity contribution in [3.8, 4) is 0 Å². The number of pyridine rings is 1. The molecule has 0 bridgehead atoms. The third-order valence-corrected chi connectivity index (χ3v) is 5.47. The quantitative estimate of drug-likeness (QED) is 0.627. The van der Waals surface area contributed by atoms with Gasteiger partial charge in [0.15, 0.2) is 0 Å². The van der Waals surface area contributed by atoms with Gasteiger partial charge in [-0.05, 0) is 92.3 Å². The molecule has 2 saturated carbocycles. The van der Waals surface area contributed by atoms with E-state index in [4.69, 9.17) is 10.5 Å². The Balaban J connectivity index is 1.76. The zero-order chi connectivity index (χ0) is 19.8. The number of aromatic nitrogens is 1. The van der Waals surface area contributed by atoms with Crippen molar-refractivity contribution < 1.29 is 14.3 Å². The van der Waals surface area contributed by atoms with E-state index in [0.717, 1.165) is 25.7 Å². The highest BCUT2D eigenvalue weighted by Crippen LogP contribution is 2.50. The number of nitrogens with zero attached hydrogens (tertiary/aromatic N) is 1. The number of hydrogen-bond acceptors (Lipinski definition) is 5. The summed E-state index contributed by atoms with van der Waals surface area (Å²) in [6.45, 7) is 5.40. The molecule has 2 fully saturated rings. The lowest BCUT2D eigenvalue weighted by atomic mass is 9.89. The first-order chi connectivity index (χ1) is 12.6. The van der Waals surface area contributed by atoms with Gasteiger partial charge in [0.25, 0.3) is 0 Å². The summed E-state index contributed by atoms with van der Waals surface area (Å²) in [7, 11) is 0. The minimum atomic E-state index is -0.647. The zero-order valence-electron chi connectivity index (χ0n) is 15.9. The fourth-order valence-corrected chi connectivity index (χ4v) is 3.61. The number of carbonyl (C=O) groups excluding carboxylic acids is 2. The molecule has 1 aromatic rings. The van der Waals surface area contributed by atoms with Crippen molar-refractivity contribution in [2.45, 2.75) is 58.1 Å². The first-order valence-electron chi connectivity index (χ1n) is 9.36. The number of hydrogen-bond donors (Lipinski definition) is 3. The van der Waals surface area contributed by atoms with E-state index < -0.39 is 17.7 Å². The van der Waals surface area contributed by atoms with Crippen molar-refractivity contribution in [2.75, 3.05) is 11.1 Å². The number of ether oxygens (including phenoxy) is 1. The Morgan fingerprint density at radius 1 is 1.22 bits per heavy atom. The molecule has 3 rings (SSSR count). The van der Waals surface area contributed by atoms with Crippen LogP contribution in [0.25, 0.3) is 0 Å². The highest BCUT2D eigenvalue weighted by molar-refractivity contribution is 9.10. The molecule has 7 nitrogen and oxygen atoms in total. The highest BCUT2D eigenvalue weighted by Gasteiger charge is 2.48. The topological polar surface area (TPSA) is 106 Å². The van der Waals surface area contributed by atoms with Crippen LogP contribution in [0.5, 0.6) is 0 Å². The highest BCUT2D eigenvalue weighted by atomic mass is 79.9. The van der Waals surface area contributed by atoms with E-state index in [9.17, 15) is 9.59 Å². The standard InChI is InChI=1S/C19H27BrN4O3/c1-19(2,3)27-18(26)24-15(14(10-4-5-10)11-6-7-11)17(25)23-13-9-8-12(20)16(21)22-13/h8-11,14-15H,4-7H2,1-3H3,(H,24,26)(H3,21,22,23,25)/t15-/m0/s1. The molecule has 0 radical (unpaired) electrons. The predicted molar refractivity (Wildman–Crippen MR) is 107 cm³/mol. The maximum Gasteiger partial charge on any atom is 0.408 e. The molecule has 1 atom stereocenters. The summed E-state index contributed by atoms with van der Waals surface area (Å²) in [5, 5.41) is 5.62. The first kappa shape index (κ1) is 19.9. The number of nitrogens with one attached hydrogen (secondary N) is 2. The Morgan fingerprint density at radius 2 is 1.81 bits per heavy atom. The molecule has 1 heterocycles. The van der Waals surface area contributed by atoms with Crippen molar-refractivity contribution in [2.24, 2.45) is 17.8 Å². The maximum atomic E-state index is 13.0. The second-order valence-electron chi connectivity index (χ2n) is 8.43. The summed E-state index contributed by atoms with van der Waals surface area (Å²) in [6, 6.07) is 2.76. The molecule has 0 aliphatic heterocycles. The summed E-state index contributed by atoms with van der Waals surface area (Å²) < 4.78 is 6.05. The first-order valence-corrected chi connectivity index (χ1v) is 10.2. The van der Waals surface area contributed by atoms with Gasteiger partial charge >= 0.3 is 6.09 Å². The van der Waals surface area contributed by atoms with Gasteiger partial charge in [-0.1, -0.05) is 0 Å². The zero-order valence-corrected chi connectivity index (χ0v) is 17.5. The summed E-state index contributed by atoms with van der Waals surface area (Å²) in [5.74, 6) is 1.47. The van der Waals surface area contributed by atoms with Crippen LogP contribution < -0.4 is 16.4 Å². The van der Waals surface area contributed by atoms with Crippen molar-refractivity contribution in [1.82, 2.24) is 10.3 Å². The van der Waals surface area contributed by atoms with E-state index in [1.54, 1.807) is 32.9 Å². The SMILES string of the molecule is CC(C)(C)OC(=O)N[C@H](C(=O)Nc1ccc(Br)c(N)n1)C(C1CC1)C1CC1. The summed E-state index contributed by atoms with van der Waals surface area (Å²) >= 11 is 3.29. The van der Waals surface area contributed by atoms with Crippen molar-refractivity contribution in [3.63, 3.8) is 0 Å². The number of alkyl carbamates (subject to hydrolysis) is 1. The molecule has 4 N–H and O–H groups in total. The van der Waals surface area contributed by atoms with Crippen LogP contribution in [-0.4, -0.2) is 28.6 Å². The number of carbonyl (C=O) groups is 2. The fourth-order valence-electron chi connectivity index (χ4n) is 3.39. The monoisotopic (exact) mass is 438 g/mol. The van der Waals surface area contributed by atoms with E-state index >= 15 is 0 Å². The van der Waals surface area contributed by atoms with E-state index in [1.807, 2.05) is 0 Å². The Kier molecular flexibility index (Phi) is 5.65. The minimum Gasteiger partial charge on any atom is -0.444 e. The van der Waals surface area contributed by atoms with Gasteiger partial charge in [-0.25, -0.2) is 9.78 Å². The largest absolute Gasteiger partial charge is 0.444 e. The summed E-state index contributed by atoms with van der Waals surface area (Å²) in [6.07, 6.45) is 3.83. The van der Waals surface area contributed by atoms with E-state index in [-0.39, 0.29) is 11.8 Å². The van der Waals surface area contributed by atoms with Gasteiger partial charge in [0.1, 0.15) is 23.3 Å². The molecule has 0 unspecified atom stereocenters. The molecular formula is C19H27BrN4O3. The Hall–Kier alpha value is -1.83. The van der Waals surface area contributed by atoms with E-state index in [2.05, 4.69) is 31.5 Å². The van der Waals surface area contributed by atoms with Crippen LogP contribution in [-0.2, 0) is 9.53 Å². The lowest BCUT2D eigenvalue weighted by molar-refractivity contribution is -0.120. The lowest BCUT2D eigenvalue weighted by Gasteiger charge is -2.29. The van der Waals surface area contributed by atoms with Crippen LogP contribution in [0, 0.1) is 17.8 Å². The van der Waals surface area contributed by atoms with Gasteiger partial charge in [0, 0.05) is 0 Å². The number of amides is 2. The van der Waals surface area contributed by atoms with Crippen LogP contribution >= 0.6 is 15.9 Å². The van der Waals surface area contributed by atoms with Gasteiger partial charge < -0.3 is 21.1 Å².